The number of hydrogen-bond donors (Lipinski definition) is 0. The average Bonchev–Trinajstić information content (AvgIpc) is 3.08. The van der Waals surface area contributed by atoms with Gasteiger partial charge in [-0.15, -0.1) is 37.1 Å². The van der Waals surface area contributed by atoms with Gasteiger partial charge in [0.05, 0.1) is 0 Å². The molecule has 4 aliphatic carbocycles. The number of rotatable bonds is 0. The molecule has 21 heavy (non-hydrogen) atoms. The van der Waals surface area contributed by atoms with Crippen molar-refractivity contribution in [3.05, 3.63) is 60.4 Å². The van der Waals surface area contributed by atoms with Crippen LogP contribution in [0.15, 0.2) is 47.6 Å². The zero-order valence-corrected chi connectivity index (χ0v) is 19.0. The number of hydrogen-bond acceptors (Lipinski definition) is 0. The first-order valence-corrected chi connectivity index (χ1v) is 7.33. The van der Waals surface area contributed by atoms with E-state index >= 15 is 0 Å². The van der Waals surface area contributed by atoms with Crippen molar-refractivity contribution in [2.45, 2.75) is 38.5 Å². The quantitative estimate of drug-likeness (QED) is 0.253. The van der Waals surface area contributed by atoms with Crippen LogP contribution in [0.5, 0.6) is 0 Å². The van der Waals surface area contributed by atoms with Gasteiger partial charge >= 0.3 is 26.2 Å². The van der Waals surface area contributed by atoms with E-state index in [0.717, 1.165) is 11.8 Å². The Morgan fingerprint density at radius 3 is 1.57 bits per heavy atom. The van der Waals surface area contributed by atoms with Crippen LogP contribution in [0.3, 0.4) is 0 Å². The van der Waals surface area contributed by atoms with Gasteiger partial charge in [-0.25, -0.2) is 36.1 Å². The second-order valence-electron chi connectivity index (χ2n) is 5.62. The fourth-order valence-electron chi connectivity index (χ4n) is 3.33. The first kappa shape index (κ1) is 22.0. The maximum atomic E-state index is 2.37. The largest absolute Gasteiger partial charge is 4.00 e. The maximum absolute atomic E-state index is 2.37. The molecule has 4 aliphatic rings. The second-order valence-corrected chi connectivity index (χ2v) is 5.62. The van der Waals surface area contributed by atoms with Crippen molar-refractivity contribution in [1.82, 2.24) is 0 Å². The Balaban J connectivity index is 0.000000333. The topological polar surface area (TPSA) is 0 Å². The minimum atomic E-state index is 0. The molecule has 2 fully saturated rings. The maximum Gasteiger partial charge on any atom is 4.00 e. The van der Waals surface area contributed by atoms with Gasteiger partial charge in [-0.1, -0.05) is 12.8 Å². The number of allylic oxidation sites excluding steroid dienone is 8. The SMILES string of the molecule is C1=CCC2CC[CH-]C2=C1.C1=CCC2CC[CH-]C2=C1.[I-].[I-].[Zr+4]. The number of fused-ring (bicyclic) bond motifs is 2. The molecule has 0 amide bonds. The molecule has 2 atom stereocenters. The second kappa shape index (κ2) is 11.6. The van der Waals surface area contributed by atoms with Crippen LogP contribution < -0.4 is 48.0 Å². The Labute approximate surface area is 183 Å². The zero-order chi connectivity index (χ0) is 12.2. The summed E-state index contributed by atoms with van der Waals surface area (Å²) in [5.74, 6) is 1.77. The minimum absolute atomic E-state index is 0. The predicted molar refractivity (Wildman–Crippen MR) is 77.7 cm³/mol. The van der Waals surface area contributed by atoms with E-state index in [9.17, 15) is 0 Å². The van der Waals surface area contributed by atoms with Crippen molar-refractivity contribution in [3.63, 3.8) is 0 Å². The van der Waals surface area contributed by atoms with E-state index in [1.807, 2.05) is 0 Å². The van der Waals surface area contributed by atoms with Crippen LogP contribution in [0, 0.1) is 24.7 Å². The molecule has 0 bridgehead atoms. The summed E-state index contributed by atoms with van der Waals surface area (Å²) in [6.07, 6.45) is 26.1. The van der Waals surface area contributed by atoms with Crippen molar-refractivity contribution in [1.29, 1.82) is 0 Å². The Kier molecular flexibility index (Phi) is 12.1. The molecule has 0 nitrogen and oxygen atoms in total. The van der Waals surface area contributed by atoms with Crippen molar-refractivity contribution in [3.8, 4) is 0 Å². The van der Waals surface area contributed by atoms with Crippen LogP contribution >= 0.6 is 0 Å². The molecule has 0 aromatic heterocycles. The van der Waals surface area contributed by atoms with Crippen LogP contribution in [0.2, 0.25) is 0 Å². The van der Waals surface area contributed by atoms with Crippen molar-refractivity contribution in [2.75, 3.05) is 0 Å². The van der Waals surface area contributed by atoms with Gasteiger partial charge < -0.3 is 48.0 Å². The van der Waals surface area contributed by atoms with Crippen LogP contribution in [-0.2, 0) is 26.2 Å². The predicted octanol–water partition coefficient (Wildman–Crippen LogP) is -1.02. The van der Waals surface area contributed by atoms with Gasteiger partial charge in [0, 0.05) is 0 Å². The summed E-state index contributed by atoms with van der Waals surface area (Å²) in [4.78, 5) is 0. The molecule has 0 N–H and O–H groups in total. The van der Waals surface area contributed by atoms with Gasteiger partial charge in [-0.05, 0) is 24.7 Å². The fourth-order valence-corrected chi connectivity index (χ4v) is 3.33. The van der Waals surface area contributed by atoms with Crippen molar-refractivity contribution in [2.24, 2.45) is 11.8 Å². The third-order valence-electron chi connectivity index (χ3n) is 4.42. The number of halogens is 2. The molecular formula is C18H22I2Zr. The molecule has 112 valence electrons. The molecule has 4 rings (SSSR count). The molecule has 0 aromatic rings. The van der Waals surface area contributed by atoms with E-state index in [2.05, 4.69) is 49.3 Å². The van der Waals surface area contributed by atoms with Gasteiger partial charge in [0.25, 0.3) is 0 Å². The van der Waals surface area contributed by atoms with E-state index in [0.29, 0.717) is 0 Å². The average molecular weight is 583 g/mol. The Morgan fingerprint density at radius 1 is 0.762 bits per heavy atom. The molecule has 2 unspecified atom stereocenters. The Bertz CT molecular complexity index is 381. The third kappa shape index (κ3) is 6.21. The van der Waals surface area contributed by atoms with Gasteiger partial charge in [0.15, 0.2) is 0 Å². The normalized spacial score (nSPS) is 26.7. The van der Waals surface area contributed by atoms with Crippen molar-refractivity contribution < 1.29 is 74.2 Å². The van der Waals surface area contributed by atoms with E-state index in [-0.39, 0.29) is 74.2 Å². The van der Waals surface area contributed by atoms with Gasteiger partial charge in [0.1, 0.15) is 0 Å². The monoisotopic (exact) mass is 582 g/mol. The summed E-state index contributed by atoms with van der Waals surface area (Å²) >= 11 is 0. The molecule has 0 aliphatic heterocycles. The summed E-state index contributed by atoms with van der Waals surface area (Å²) in [7, 11) is 0. The Morgan fingerprint density at radius 2 is 1.19 bits per heavy atom. The van der Waals surface area contributed by atoms with Gasteiger partial charge in [0.2, 0.25) is 0 Å². The minimum Gasteiger partial charge on any atom is -1.00 e. The van der Waals surface area contributed by atoms with Gasteiger partial charge in [-0.3, -0.25) is 0 Å². The summed E-state index contributed by atoms with van der Waals surface area (Å²) < 4.78 is 0. The Hall–Kier alpha value is 1.04. The third-order valence-corrected chi connectivity index (χ3v) is 4.42. The first-order valence-electron chi connectivity index (χ1n) is 7.33. The fraction of sp³-hybridized carbons (Fsp3) is 0.444. The van der Waals surface area contributed by atoms with E-state index < -0.39 is 0 Å². The summed E-state index contributed by atoms with van der Waals surface area (Å²) in [5, 5.41) is 0. The molecule has 3 heteroatoms. The molecule has 0 spiro atoms. The van der Waals surface area contributed by atoms with Gasteiger partial charge in [-0.2, -0.15) is 0 Å². The first-order chi connectivity index (χ1) is 8.93. The summed E-state index contributed by atoms with van der Waals surface area (Å²) in [5.41, 5.74) is 3.16. The summed E-state index contributed by atoms with van der Waals surface area (Å²) in [6.45, 7) is 0. The molecular weight excluding hydrogens is 561 g/mol. The van der Waals surface area contributed by atoms with Crippen LogP contribution in [0.25, 0.3) is 0 Å². The molecule has 0 saturated heterocycles. The molecule has 0 heterocycles. The molecule has 0 radical (unpaired) electrons. The van der Waals surface area contributed by atoms with Crippen LogP contribution in [-0.4, -0.2) is 0 Å². The molecule has 2 saturated carbocycles. The van der Waals surface area contributed by atoms with E-state index in [1.54, 1.807) is 11.1 Å². The van der Waals surface area contributed by atoms with E-state index in [1.165, 1.54) is 38.5 Å². The smallest absolute Gasteiger partial charge is 1.00 e. The van der Waals surface area contributed by atoms with Crippen LogP contribution in [0.1, 0.15) is 38.5 Å². The summed E-state index contributed by atoms with van der Waals surface area (Å²) in [6, 6.07) is 0. The molecule has 0 aromatic carbocycles. The standard InChI is InChI=1S/2C9H11.2HI.Zr/c2*1-2-5-9-7-3-6-8(9)4-1;;;/h2*1-2,4,6,9H,3,5,7H2;2*1H;/q2*-1;;;+4/p-2. The van der Waals surface area contributed by atoms with Crippen molar-refractivity contribution >= 4 is 0 Å². The zero-order valence-electron chi connectivity index (χ0n) is 12.3. The van der Waals surface area contributed by atoms with Crippen LogP contribution in [0.4, 0.5) is 0 Å². The van der Waals surface area contributed by atoms with E-state index in [4.69, 9.17) is 0 Å².